The summed E-state index contributed by atoms with van der Waals surface area (Å²) >= 11 is 0. The average Bonchev–Trinajstić information content (AvgIpc) is 2.27. The van der Waals surface area contributed by atoms with Crippen LogP contribution in [0.4, 0.5) is 11.5 Å². The third-order valence-electron chi connectivity index (χ3n) is 3.23. The number of pyridine rings is 1. The number of nitrogens with two attached hydrogens (primary N) is 1. The van der Waals surface area contributed by atoms with Crippen molar-refractivity contribution in [2.24, 2.45) is 5.92 Å². The molecule has 2 rings (SSSR count). The molecule has 0 unspecified atom stereocenters. The van der Waals surface area contributed by atoms with Crippen LogP contribution >= 0.6 is 0 Å². The van der Waals surface area contributed by atoms with Gasteiger partial charge in [-0.15, -0.1) is 0 Å². The van der Waals surface area contributed by atoms with Gasteiger partial charge in [0, 0.05) is 13.6 Å². The second-order valence-corrected chi connectivity index (χ2v) is 4.79. The molecule has 0 saturated heterocycles. The summed E-state index contributed by atoms with van der Waals surface area (Å²) in [5, 5.41) is 18.1. The molecule has 4 N–H and O–H groups in total. The lowest BCUT2D eigenvalue weighted by molar-refractivity contribution is 0.0464. The standard InChI is InChI=1S/C12H17N3O3/c1-15(6-7-4-8(16)5-7)11-9(13)2-3-10(14-11)12(17)18/h2-3,7-8,16H,4-6,13H2,1H3,(H,17,18). The fourth-order valence-corrected chi connectivity index (χ4v) is 2.21. The first-order valence-corrected chi connectivity index (χ1v) is 5.86. The van der Waals surface area contributed by atoms with Crippen LogP contribution in [-0.4, -0.2) is 40.9 Å². The first-order chi connectivity index (χ1) is 8.47. The number of rotatable bonds is 4. The molecule has 1 aromatic rings. The number of nitrogen functional groups attached to an aromatic ring is 1. The summed E-state index contributed by atoms with van der Waals surface area (Å²) in [5.41, 5.74) is 6.25. The van der Waals surface area contributed by atoms with E-state index < -0.39 is 5.97 Å². The number of carbonyl (C=O) groups is 1. The summed E-state index contributed by atoms with van der Waals surface area (Å²) in [6.07, 6.45) is 1.37. The Morgan fingerprint density at radius 1 is 1.56 bits per heavy atom. The minimum absolute atomic E-state index is 0.0142. The zero-order valence-electron chi connectivity index (χ0n) is 10.2. The lowest BCUT2D eigenvalue weighted by Crippen LogP contribution is -2.37. The van der Waals surface area contributed by atoms with Gasteiger partial charge in [-0.1, -0.05) is 0 Å². The van der Waals surface area contributed by atoms with Crippen LogP contribution in [-0.2, 0) is 0 Å². The van der Waals surface area contributed by atoms with Gasteiger partial charge in [0.1, 0.15) is 0 Å². The topological polar surface area (TPSA) is 99.7 Å². The minimum atomic E-state index is -1.07. The fraction of sp³-hybridized carbons (Fsp3) is 0.500. The second kappa shape index (κ2) is 4.81. The largest absolute Gasteiger partial charge is 0.477 e. The van der Waals surface area contributed by atoms with Gasteiger partial charge in [-0.25, -0.2) is 9.78 Å². The van der Waals surface area contributed by atoms with E-state index in [-0.39, 0.29) is 11.8 Å². The maximum absolute atomic E-state index is 10.9. The van der Waals surface area contributed by atoms with Gasteiger partial charge in [0.05, 0.1) is 11.8 Å². The summed E-state index contributed by atoms with van der Waals surface area (Å²) in [5.74, 6) is -0.167. The predicted molar refractivity (Wildman–Crippen MR) is 67.6 cm³/mol. The first-order valence-electron chi connectivity index (χ1n) is 5.86. The minimum Gasteiger partial charge on any atom is -0.477 e. The Balaban J connectivity index is 2.10. The summed E-state index contributed by atoms with van der Waals surface area (Å²) in [4.78, 5) is 16.8. The molecule has 0 spiro atoms. The van der Waals surface area contributed by atoms with Crippen LogP contribution in [0.25, 0.3) is 0 Å². The molecule has 1 aliphatic carbocycles. The van der Waals surface area contributed by atoms with E-state index in [1.807, 2.05) is 11.9 Å². The molecule has 1 aromatic heterocycles. The van der Waals surface area contributed by atoms with Crippen LogP contribution in [0.5, 0.6) is 0 Å². The van der Waals surface area contributed by atoms with Gasteiger partial charge >= 0.3 is 5.97 Å². The Hall–Kier alpha value is -1.82. The maximum Gasteiger partial charge on any atom is 0.354 e. The number of carboxylic acids is 1. The number of nitrogens with zero attached hydrogens (tertiary/aromatic N) is 2. The van der Waals surface area contributed by atoms with Crippen molar-refractivity contribution in [3.05, 3.63) is 17.8 Å². The lowest BCUT2D eigenvalue weighted by atomic mass is 9.82. The molecule has 0 aliphatic heterocycles. The van der Waals surface area contributed by atoms with Crippen molar-refractivity contribution < 1.29 is 15.0 Å². The number of hydrogen-bond donors (Lipinski definition) is 3. The zero-order chi connectivity index (χ0) is 13.3. The van der Waals surface area contributed by atoms with E-state index in [4.69, 9.17) is 10.8 Å². The molecule has 0 aromatic carbocycles. The van der Waals surface area contributed by atoms with Crippen molar-refractivity contribution in [1.82, 2.24) is 4.98 Å². The molecule has 1 heterocycles. The normalized spacial score (nSPS) is 22.3. The third-order valence-corrected chi connectivity index (χ3v) is 3.23. The third kappa shape index (κ3) is 2.53. The highest BCUT2D eigenvalue weighted by molar-refractivity contribution is 5.86. The molecule has 18 heavy (non-hydrogen) atoms. The van der Waals surface area contributed by atoms with Crippen LogP contribution in [0.3, 0.4) is 0 Å². The number of carboxylic acid groups (broad SMARTS) is 1. The van der Waals surface area contributed by atoms with Crippen molar-refractivity contribution >= 4 is 17.5 Å². The number of aliphatic hydroxyl groups is 1. The van der Waals surface area contributed by atoms with E-state index in [0.29, 0.717) is 17.4 Å². The number of aromatic carboxylic acids is 1. The molecular formula is C12H17N3O3. The molecule has 1 fully saturated rings. The number of aromatic nitrogens is 1. The van der Waals surface area contributed by atoms with Gasteiger partial charge in [0.2, 0.25) is 0 Å². The first kappa shape index (κ1) is 12.6. The van der Waals surface area contributed by atoms with Crippen LogP contribution in [0.1, 0.15) is 23.3 Å². The second-order valence-electron chi connectivity index (χ2n) is 4.79. The van der Waals surface area contributed by atoms with Gasteiger partial charge in [-0.3, -0.25) is 0 Å². The zero-order valence-corrected chi connectivity index (χ0v) is 10.2. The highest BCUT2D eigenvalue weighted by Gasteiger charge is 2.28. The number of anilines is 2. The predicted octanol–water partition coefficient (Wildman–Crippen LogP) is 0.569. The average molecular weight is 251 g/mol. The Morgan fingerprint density at radius 3 is 2.78 bits per heavy atom. The molecule has 6 nitrogen and oxygen atoms in total. The van der Waals surface area contributed by atoms with Gasteiger partial charge < -0.3 is 20.8 Å². The van der Waals surface area contributed by atoms with Crippen LogP contribution in [0.2, 0.25) is 0 Å². The summed E-state index contributed by atoms with van der Waals surface area (Å²) in [6.45, 7) is 0.720. The van der Waals surface area contributed by atoms with E-state index in [9.17, 15) is 9.90 Å². The van der Waals surface area contributed by atoms with Crippen molar-refractivity contribution in [3.8, 4) is 0 Å². The van der Waals surface area contributed by atoms with Crippen LogP contribution in [0, 0.1) is 5.92 Å². The van der Waals surface area contributed by atoms with Gasteiger partial charge in [-0.2, -0.15) is 0 Å². The quantitative estimate of drug-likeness (QED) is 0.723. The molecule has 1 aliphatic rings. The van der Waals surface area contributed by atoms with Crippen molar-refractivity contribution in [1.29, 1.82) is 0 Å². The van der Waals surface area contributed by atoms with E-state index in [1.54, 1.807) is 6.07 Å². The van der Waals surface area contributed by atoms with Crippen molar-refractivity contribution in [3.63, 3.8) is 0 Å². The SMILES string of the molecule is CN(CC1CC(O)C1)c1nc(C(=O)O)ccc1N. The highest BCUT2D eigenvalue weighted by atomic mass is 16.4. The smallest absolute Gasteiger partial charge is 0.354 e. The Labute approximate surface area is 105 Å². The number of hydrogen-bond acceptors (Lipinski definition) is 5. The monoisotopic (exact) mass is 251 g/mol. The maximum atomic E-state index is 10.9. The van der Waals surface area contributed by atoms with E-state index in [2.05, 4.69) is 4.98 Å². The molecule has 0 bridgehead atoms. The molecule has 98 valence electrons. The highest BCUT2D eigenvalue weighted by Crippen LogP contribution is 2.30. The van der Waals surface area contributed by atoms with E-state index in [1.165, 1.54) is 6.07 Å². The van der Waals surface area contributed by atoms with Crippen molar-refractivity contribution in [2.45, 2.75) is 18.9 Å². The number of aliphatic hydroxyl groups excluding tert-OH is 1. The van der Waals surface area contributed by atoms with Gasteiger partial charge in [-0.05, 0) is 30.9 Å². The van der Waals surface area contributed by atoms with E-state index in [0.717, 1.165) is 19.4 Å². The Bertz CT molecular complexity index is 458. The summed E-state index contributed by atoms with van der Waals surface area (Å²) < 4.78 is 0. The van der Waals surface area contributed by atoms with E-state index >= 15 is 0 Å². The molecule has 0 amide bonds. The fourth-order valence-electron chi connectivity index (χ4n) is 2.21. The summed E-state index contributed by atoms with van der Waals surface area (Å²) in [6, 6.07) is 2.94. The molecule has 0 atom stereocenters. The molecule has 1 saturated carbocycles. The van der Waals surface area contributed by atoms with Gasteiger partial charge in [0.15, 0.2) is 11.5 Å². The lowest BCUT2D eigenvalue weighted by Gasteiger charge is -2.35. The van der Waals surface area contributed by atoms with Gasteiger partial charge in [0.25, 0.3) is 0 Å². The van der Waals surface area contributed by atoms with Crippen LogP contribution < -0.4 is 10.6 Å². The Kier molecular flexibility index (Phi) is 3.38. The van der Waals surface area contributed by atoms with Crippen molar-refractivity contribution in [2.75, 3.05) is 24.2 Å². The summed E-state index contributed by atoms with van der Waals surface area (Å²) in [7, 11) is 1.83. The molecule has 6 heteroatoms. The molecule has 0 radical (unpaired) electrons. The molecular weight excluding hydrogens is 234 g/mol. The Morgan fingerprint density at radius 2 is 2.22 bits per heavy atom. The van der Waals surface area contributed by atoms with Crippen LogP contribution in [0.15, 0.2) is 12.1 Å².